The Balaban J connectivity index is 0.000000181. The van der Waals surface area contributed by atoms with Crippen molar-refractivity contribution < 1.29 is 71.6 Å². The number of rotatable bonds is 30. The van der Waals surface area contributed by atoms with Gasteiger partial charge < -0.3 is 54.2 Å². The standard InChI is InChI=1S/3C31H34N2O5/c1-21-27(37-2)19-24(20-28(21)38-3)29(34)31(36)33-25-15-8-7-14-23(25)16-17-26(33)30(35)32-18-10-9-13-22-11-5-4-6-12-22;1-21-26(37-2)19-24(20-27(21)38-3)29(34)31(36)33-18-16-23-14-7-8-15-25(23)28(33)30(35)32-17-10-9-13-22-11-5-4-6-12-22;1-21-27(37-2)18-25(19-28(21)38-3)29(34)31(36)33-20-24-15-8-7-14-23(24)17-26(33)30(35)32-16-10-9-13-22-11-5-4-6-12-22/h4-8,11-12,14-15,19-20,26H,9-10,13,16-18H2,1-3H3,(H,32,35);4-8,11-12,14-15,19-20,28H,9-10,13,16-18H2,1-3H3,(H,32,35);4-8,11-12,14-15,18-19,26H,9-10,13,16-17,20H2,1-3H3,(H,32,35)/t26-;28-;26-/m000/s1. The number of hydrogen-bond acceptors (Lipinski definition) is 15. The Morgan fingerprint density at radius 1 is 0.360 bits per heavy atom. The molecule has 0 saturated heterocycles. The van der Waals surface area contributed by atoms with E-state index in [9.17, 15) is 43.2 Å². The first-order chi connectivity index (χ1) is 55.3. The summed E-state index contributed by atoms with van der Waals surface area (Å²) in [4.78, 5) is 125. The van der Waals surface area contributed by atoms with Gasteiger partial charge >= 0.3 is 0 Å². The Hall–Kier alpha value is -12.4. The molecule has 3 N–H and O–H groups in total. The van der Waals surface area contributed by atoms with Crippen LogP contribution in [0.2, 0.25) is 0 Å². The second-order valence-corrected chi connectivity index (χ2v) is 28.3. The number of carbonyl (C=O) groups is 9. The van der Waals surface area contributed by atoms with Crippen LogP contribution in [0, 0.1) is 20.8 Å². The monoisotopic (exact) mass is 1540 g/mol. The van der Waals surface area contributed by atoms with E-state index in [-0.39, 0.29) is 47.5 Å². The topological polar surface area (TPSA) is 255 Å². The van der Waals surface area contributed by atoms with Crippen LogP contribution in [0.15, 0.2) is 200 Å². The number of nitrogens with one attached hydrogen (secondary N) is 3. The molecule has 0 bridgehead atoms. The van der Waals surface area contributed by atoms with E-state index < -0.39 is 53.2 Å². The normalized spacial score (nSPS) is 14.4. The molecule has 9 aromatic rings. The number of Topliss-reactive ketones (excluding diaryl/α,β-unsaturated/α-hetero) is 3. The summed E-state index contributed by atoms with van der Waals surface area (Å²) in [6.07, 6.45) is 10.1. The van der Waals surface area contributed by atoms with E-state index >= 15 is 0 Å². The summed E-state index contributed by atoms with van der Waals surface area (Å²) in [7, 11) is 9.00. The number of ketones is 3. The molecule has 0 saturated carbocycles. The highest BCUT2D eigenvalue weighted by Gasteiger charge is 2.42. The summed E-state index contributed by atoms with van der Waals surface area (Å²) >= 11 is 0. The summed E-state index contributed by atoms with van der Waals surface area (Å²) in [6.45, 7) is 7.41. The largest absolute Gasteiger partial charge is 0.496 e. The van der Waals surface area contributed by atoms with Gasteiger partial charge in [-0.3, -0.25) is 48.1 Å². The second kappa shape index (κ2) is 41.2. The van der Waals surface area contributed by atoms with E-state index in [1.54, 1.807) is 6.07 Å². The fourth-order valence-corrected chi connectivity index (χ4v) is 14.7. The van der Waals surface area contributed by atoms with Gasteiger partial charge in [-0.25, -0.2) is 0 Å². The SMILES string of the molecule is COc1cc(C(=O)C(=O)N2CCc3ccccc3[C@H]2C(=O)NCCCCc2ccccc2)cc(OC)c1C.COc1cc(C(=O)C(=O)N2Cc3ccccc3C[C@H]2C(=O)NCCCCc2ccccc2)cc(OC)c1C.COc1cc(C(=O)C(=O)N2c3ccccc3CC[C@H]2C(=O)NCCCCc2ccccc2)cc(OC)c1C. The van der Waals surface area contributed by atoms with Gasteiger partial charge in [0, 0.05) is 78.2 Å². The summed E-state index contributed by atoms with van der Waals surface area (Å²) < 4.78 is 32.3. The molecule has 594 valence electrons. The van der Waals surface area contributed by atoms with Crippen LogP contribution in [-0.4, -0.2) is 144 Å². The van der Waals surface area contributed by atoms with E-state index in [0.717, 1.165) is 102 Å². The van der Waals surface area contributed by atoms with Gasteiger partial charge in [-0.05, 0) is 185 Å². The van der Waals surface area contributed by atoms with Gasteiger partial charge in [-0.2, -0.15) is 0 Å². The molecule has 0 spiro atoms. The second-order valence-electron chi connectivity index (χ2n) is 28.3. The van der Waals surface area contributed by atoms with Crippen molar-refractivity contribution in [2.75, 3.05) is 73.7 Å². The van der Waals surface area contributed by atoms with Gasteiger partial charge in [0.2, 0.25) is 17.7 Å². The number of carbonyl (C=O) groups excluding carboxylic acids is 9. The fourth-order valence-electron chi connectivity index (χ4n) is 14.7. The molecule has 6 amide bonds. The number of para-hydroxylation sites is 1. The Kier molecular flexibility index (Phi) is 30.4. The molecule has 0 unspecified atom stereocenters. The minimum absolute atomic E-state index is 0.150. The van der Waals surface area contributed by atoms with Crippen LogP contribution in [0.3, 0.4) is 0 Å². The third kappa shape index (κ3) is 21.0. The van der Waals surface area contributed by atoms with Crippen LogP contribution in [0.1, 0.15) is 143 Å². The molecule has 3 heterocycles. The number of fused-ring (bicyclic) bond motifs is 3. The maximum absolute atomic E-state index is 13.7. The molecule has 0 fully saturated rings. The predicted octanol–water partition coefficient (Wildman–Crippen LogP) is 13.4. The van der Waals surface area contributed by atoms with Crippen molar-refractivity contribution in [2.45, 2.75) is 129 Å². The number of hydrogen-bond donors (Lipinski definition) is 3. The van der Waals surface area contributed by atoms with E-state index in [0.29, 0.717) is 85.5 Å². The number of ether oxygens (including phenoxy) is 6. The molecule has 21 heteroatoms. The molecule has 12 rings (SSSR count). The zero-order valence-electron chi connectivity index (χ0n) is 66.5. The van der Waals surface area contributed by atoms with Crippen molar-refractivity contribution in [1.29, 1.82) is 0 Å². The first kappa shape index (κ1) is 84.1. The third-order valence-electron chi connectivity index (χ3n) is 21.1. The van der Waals surface area contributed by atoms with E-state index in [2.05, 4.69) is 52.3 Å². The minimum atomic E-state index is -0.875. The molecule has 0 radical (unpaired) electrons. The summed E-state index contributed by atoms with van der Waals surface area (Å²) in [5, 5.41) is 8.99. The number of anilines is 1. The van der Waals surface area contributed by atoms with Crippen LogP contribution in [0.25, 0.3) is 0 Å². The molecule has 3 aliphatic heterocycles. The molecule has 9 aromatic carbocycles. The Morgan fingerprint density at radius 3 is 1.14 bits per heavy atom. The maximum atomic E-state index is 13.7. The number of nitrogens with zero attached hydrogens (tertiary/aromatic N) is 3. The van der Waals surface area contributed by atoms with Crippen LogP contribution < -0.4 is 49.3 Å². The molecule has 0 aromatic heterocycles. The van der Waals surface area contributed by atoms with Crippen molar-refractivity contribution in [3.05, 3.63) is 278 Å². The minimum Gasteiger partial charge on any atom is -0.496 e. The van der Waals surface area contributed by atoms with E-state index in [1.165, 1.54) is 110 Å². The molecule has 21 nitrogen and oxygen atoms in total. The number of aryl methyl sites for hydroxylation is 4. The molecule has 3 atom stereocenters. The number of unbranched alkanes of at least 4 members (excludes halogenated alkanes) is 3. The average molecular weight is 1540 g/mol. The quantitative estimate of drug-likeness (QED) is 0.0215. The lowest BCUT2D eigenvalue weighted by atomic mass is 9.91. The zero-order valence-corrected chi connectivity index (χ0v) is 66.5. The number of benzene rings is 9. The average Bonchev–Trinajstić information content (AvgIpc) is 0.782. The highest BCUT2D eigenvalue weighted by Crippen LogP contribution is 2.37. The van der Waals surface area contributed by atoms with Crippen LogP contribution in [0.4, 0.5) is 5.69 Å². The van der Waals surface area contributed by atoms with Crippen molar-refractivity contribution in [2.24, 2.45) is 0 Å². The smallest absolute Gasteiger partial charge is 0.300 e. The lowest BCUT2D eigenvalue weighted by Gasteiger charge is -2.36. The first-order valence-corrected chi connectivity index (χ1v) is 38.7. The zero-order chi connectivity index (χ0) is 81.2. The van der Waals surface area contributed by atoms with E-state index in [4.69, 9.17) is 28.4 Å². The van der Waals surface area contributed by atoms with E-state index in [1.807, 2.05) is 142 Å². The predicted molar refractivity (Wildman–Crippen MR) is 438 cm³/mol. The van der Waals surface area contributed by atoms with Gasteiger partial charge in [0.25, 0.3) is 35.1 Å². The van der Waals surface area contributed by atoms with Gasteiger partial charge in [0.1, 0.15) is 52.6 Å². The van der Waals surface area contributed by atoms with Crippen molar-refractivity contribution in [3.63, 3.8) is 0 Å². The van der Waals surface area contributed by atoms with Gasteiger partial charge in [0.05, 0.1) is 42.7 Å². The van der Waals surface area contributed by atoms with Gasteiger partial charge in [0.15, 0.2) is 0 Å². The molecular formula is C93H102N6O15. The van der Waals surface area contributed by atoms with Gasteiger partial charge in [-0.15, -0.1) is 0 Å². The Bertz CT molecular complexity index is 4660. The highest BCUT2D eigenvalue weighted by molar-refractivity contribution is 6.48. The third-order valence-corrected chi connectivity index (χ3v) is 21.1. The Labute approximate surface area is 667 Å². The lowest BCUT2D eigenvalue weighted by Crippen LogP contribution is -2.54. The molecular weight excluding hydrogens is 1440 g/mol. The van der Waals surface area contributed by atoms with Gasteiger partial charge in [-0.1, -0.05) is 158 Å². The van der Waals surface area contributed by atoms with Crippen molar-refractivity contribution in [3.8, 4) is 34.5 Å². The highest BCUT2D eigenvalue weighted by atomic mass is 16.5. The lowest BCUT2D eigenvalue weighted by molar-refractivity contribution is -0.138. The van der Waals surface area contributed by atoms with Crippen LogP contribution in [0.5, 0.6) is 34.5 Å². The summed E-state index contributed by atoms with van der Waals surface area (Å²) in [5.41, 5.74) is 11.7. The summed E-state index contributed by atoms with van der Waals surface area (Å²) in [5.74, 6) is -2.42. The molecule has 0 aliphatic carbocycles. The first-order valence-electron chi connectivity index (χ1n) is 38.7. The maximum Gasteiger partial charge on any atom is 0.300 e. The van der Waals surface area contributed by atoms with Crippen LogP contribution in [-0.2, 0) is 73.8 Å². The van der Waals surface area contributed by atoms with Crippen molar-refractivity contribution in [1.82, 2.24) is 25.8 Å². The van der Waals surface area contributed by atoms with Crippen LogP contribution >= 0.6 is 0 Å². The number of methoxy groups -OCH3 is 6. The summed E-state index contributed by atoms with van der Waals surface area (Å²) in [6, 6.07) is 60.2. The van der Waals surface area contributed by atoms with Crippen molar-refractivity contribution >= 4 is 58.5 Å². The molecule has 114 heavy (non-hydrogen) atoms. The Morgan fingerprint density at radius 2 is 0.711 bits per heavy atom. The molecule has 3 aliphatic rings. The number of amides is 6. The fraction of sp³-hybridized carbons (Fsp3) is 0.323.